The van der Waals surface area contributed by atoms with Gasteiger partial charge in [-0.15, -0.1) is 0 Å². The summed E-state index contributed by atoms with van der Waals surface area (Å²) < 4.78 is 2.47. The van der Waals surface area contributed by atoms with Crippen molar-refractivity contribution in [2.45, 2.75) is 44.7 Å². The Hall–Kier alpha value is -1.46. The number of likely N-dealkylation sites (N-methyl/N-ethyl adjacent to an activating group) is 1. The summed E-state index contributed by atoms with van der Waals surface area (Å²) in [4.78, 5) is 14.7. The number of rotatable bonds is 3. The fourth-order valence-corrected chi connectivity index (χ4v) is 4.31. The van der Waals surface area contributed by atoms with Crippen molar-refractivity contribution in [3.8, 4) is 0 Å². The molecule has 2 saturated heterocycles. The number of aromatic nitrogens is 3. The molecule has 0 N–H and O–H groups in total. The van der Waals surface area contributed by atoms with Crippen LogP contribution in [0.1, 0.15) is 50.5 Å². The molecule has 4 rings (SSSR count). The van der Waals surface area contributed by atoms with Crippen molar-refractivity contribution in [1.29, 1.82) is 0 Å². The van der Waals surface area contributed by atoms with Crippen LogP contribution in [-0.2, 0) is 0 Å². The molecule has 124 valence electrons. The highest BCUT2D eigenvalue weighted by molar-refractivity contribution is 5.71. The van der Waals surface area contributed by atoms with Gasteiger partial charge in [0.05, 0.1) is 6.17 Å². The molecule has 23 heavy (non-hydrogen) atoms. The van der Waals surface area contributed by atoms with Crippen molar-refractivity contribution in [2.24, 2.45) is 0 Å². The second-order valence-corrected chi connectivity index (χ2v) is 7.04. The Labute approximate surface area is 138 Å². The van der Waals surface area contributed by atoms with E-state index in [1.807, 2.05) is 12.3 Å². The molecular formula is C18H27N5. The first-order valence-corrected chi connectivity index (χ1v) is 9.03. The molecule has 0 aromatic carbocycles. The van der Waals surface area contributed by atoms with Crippen molar-refractivity contribution in [2.75, 3.05) is 33.2 Å². The predicted molar refractivity (Wildman–Crippen MR) is 92.5 cm³/mol. The van der Waals surface area contributed by atoms with Crippen LogP contribution < -0.4 is 0 Å². The van der Waals surface area contributed by atoms with E-state index in [1.165, 1.54) is 44.6 Å². The fraction of sp³-hybridized carbons (Fsp3) is 0.667. The lowest BCUT2D eigenvalue weighted by Crippen LogP contribution is -2.37. The number of imidazole rings is 1. The van der Waals surface area contributed by atoms with Crippen LogP contribution in [0.15, 0.2) is 18.3 Å². The Bertz CT molecular complexity index is 679. The number of nitrogens with zero attached hydrogens (tertiary/aromatic N) is 5. The summed E-state index contributed by atoms with van der Waals surface area (Å²) in [6.45, 7) is 6.85. The molecular weight excluding hydrogens is 286 g/mol. The van der Waals surface area contributed by atoms with Gasteiger partial charge in [0.15, 0.2) is 5.65 Å². The average Bonchev–Trinajstić information content (AvgIpc) is 3.18. The molecule has 0 radical (unpaired) electrons. The maximum atomic E-state index is 5.02. The van der Waals surface area contributed by atoms with Gasteiger partial charge in [-0.3, -0.25) is 9.47 Å². The van der Waals surface area contributed by atoms with Crippen LogP contribution in [-0.4, -0.2) is 57.6 Å². The third-order valence-corrected chi connectivity index (χ3v) is 5.52. The lowest BCUT2D eigenvalue weighted by atomic mass is 10.1. The van der Waals surface area contributed by atoms with Gasteiger partial charge in [0.1, 0.15) is 11.3 Å². The maximum absolute atomic E-state index is 5.02. The van der Waals surface area contributed by atoms with Crippen LogP contribution in [0.25, 0.3) is 11.2 Å². The molecule has 2 aliphatic rings. The third-order valence-electron chi connectivity index (χ3n) is 5.52. The highest BCUT2D eigenvalue weighted by Crippen LogP contribution is 2.35. The summed E-state index contributed by atoms with van der Waals surface area (Å²) in [6.07, 6.45) is 7.37. The molecule has 2 atom stereocenters. The van der Waals surface area contributed by atoms with E-state index in [9.17, 15) is 0 Å². The van der Waals surface area contributed by atoms with Crippen LogP contribution in [0.3, 0.4) is 0 Å². The number of hydrogen-bond acceptors (Lipinski definition) is 4. The largest absolute Gasteiger partial charge is 0.306 e. The molecule has 0 amide bonds. The number of likely N-dealkylation sites (tertiary alicyclic amines) is 2. The van der Waals surface area contributed by atoms with Crippen molar-refractivity contribution in [3.05, 3.63) is 24.2 Å². The zero-order chi connectivity index (χ0) is 15.8. The van der Waals surface area contributed by atoms with Crippen molar-refractivity contribution < 1.29 is 0 Å². The van der Waals surface area contributed by atoms with Gasteiger partial charge in [-0.1, -0.05) is 6.92 Å². The summed E-state index contributed by atoms with van der Waals surface area (Å²) in [5.41, 5.74) is 2.13. The predicted octanol–water partition coefficient (Wildman–Crippen LogP) is 2.85. The SMILES string of the molecule is CCN1CCCCC1n1c(C2CCN(C)C2)nc2cccnc21. The first-order chi connectivity index (χ1) is 11.3. The van der Waals surface area contributed by atoms with E-state index < -0.39 is 0 Å². The molecule has 5 heteroatoms. The fourth-order valence-electron chi connectivity index (χ4n) is 4.31. The quantitative estimate of drug-likeness (QED) is 0.873. The second kappa shape index (κ2) is 6.21. The zero-order valence-corrected chi connectivity index (χ0v) is 14.3. The van der Waals surface area contributed by atoms with E-state index in [-0.39, 0.29) is 0 Å². The van der Waals surface area contributed by atoms with E-state index in [0.29, 0.717) is 12.1 Å². The monoisotopic (exact) mass is 313 g/mol. The minimum Gasteiger partial charge on any atom is -0.306 e. The lowest BCUT2D eigenvalue weighted by Gasteiger charge is -2.37. The normalized spacial score (nSPS) is 27.0. The standard InChI is InChI=1S/C18H27N5/c1-3-22-11-5-4-8-16(22)23-17(14-9-12-21(2)13-14)20-15-7-6-10-19-18(15)23/h6-7,10,14,16H,3-5,8-9,11-13H2,1-2H3. The van der Waals surface area contributed by atoms with Gasteiger partial charge in [0, 0.05) is 25.2 Å². The third kappa shape index (κ3) is 2.66. The number of pyridine rings is 1. The Morgan fingerprint density at radius 2 is 2.13 bits per heavy atom. The zero-order valence-electron chi connectivity index (χ0n) is 14.3. The van der Waals surface area contributed by atoms with Crippen molar-refractivity contribution >= 4 is 11.2 Å². The topological polar surface area (TPSA) is 37.2 Å². The molecule has 0 bridgehead atoms. The number of fused-ring (bicyclic) bond motifs is 1. The molecule has 0 aliphatic carbocycles. The van der Waals surface area contributed by atoms with E-state index in [1.54, 1.807) is 0 Å². The first kappa shape index (κ1) is 15.1. The lowest BCUT2D eigenvalue weighted by molar-refractivity contribution is 0.101. The Balaban J connectivity index is 1.82. The number of piperidine rings is 1. The molecule has 2 aliphatic heterocycles. The van der Waals surface area contributed by atoms with Crippen molar-refractivity contribution in [3.63, 3.8) is 0 Å². The Kier molecular flexibility index (Phi) is 4.07. The molecule has 0 saturated carbocycles. The molecule has 2 fully saturated rings. The van der Waals surface area contributed by atoms with Gasteiger partial charge < -0.3 is 4.90 Å². The van der Waals surface area contributed by atoms with Gasteiger partial charge in [-0.2, -0.15) is 0 Å². The maximum Gasteiger partial charge on any atom is 0.161 e. The van der Waals surface area contributed by atoms with E-state index in [4.69, 9.17) is 9.97 Å². The first-order valence-electron chi connectivity index (χ1n) is 9.03. The molecule has 4 heterocycles. The molecule has 2 aromatic heterocycles. The van der Waals surface area contributed by atoms with E-state index >= 15 is 0 Å². The second-order valence-electron chi connectivity index (χ2n) is 7.04. The summed E-state index contributed by atoms with van der Waals surface area (Å²) in [6, 6.07) is 4.11. The van der Waals surface area contributed by atoms with Gasteiger partial charge in [-0.05, 0) is 58.0 Å². The number of hydrogen-bond donors (Lipinski definition) is 0. The summed E-state index contributed by atoms with van der Waals surface area (Å²) >= 11 is 0. The van der Waals surface area contributed by atoms with E-state index in [0.717, 1.165) is 24.3 Å². The Morgan fingerprint density at radius 1 is 1.22 bits per heavy atom. The average molecular weight is 313 g/mol. The highest BCUT2D eigenvalue weighted by Gasteiger charge is 2.32. The van der Waals surface area contributed by atoms with Crippen LogP contribution in [0, 0.1) is 0 Å². The minimum atomic E-state index is 0.426. The van der Waals surface area contributed by atoms with Gasteiger partial charge >= 0.3 is 0 Å². The van der Waals surface area contributed by atoms with Gasteiger partial charge in [-0.25, -0.2) is 9.97 Å². The van der Waals surface area contributed by atoms with Crippen LogP contribution in [0.4, 0.5) is 0 Å². The van der Waals surface area contributed by atoms with Crippen LogP contribution in [0.5, 0.6) is 0 Å². The van der Waals surface area contributed by atoms with Gasteiger partial charge in [0.25, 0.3) is 0 Å². The smallest absolute Gasteiger partial charge is 0.161 e. The Morgan fingerprint density at radius 3 is 2.91 bits per heavy atom. The summed E-state index contributed by atoms with van der Waals surface area (Å²) in [7, 11) is 2.21. The van der Waals surface area contributed by atoms with Gasteiger partial charge in [0.2, 0.25) is 0 Å². The van der Waals surface area contributed by atoms with Crippen LogP contribution >= 0.6 is 0 Å². The minimum absolute atomic E-state index is 0.426. The van der Waals surface area contributed by atoms with Crippen LogP contribution in [0.2, 0.25) is 0 Å². The molecule has 2 unspecified atom stereocenters. The molecule has 2 aromatic rings. The molecule has 0 spiro atoms. The van der Waals surface area contributed by atoms with E-state index in [2.05, 4.69) is 34.4 Å². The van der Waals surface area contributed by atoms with Crippen molar-refractivity contribution in [1.82, 2.24) is 24.3 Å². The molecule has 5 nitrogen and oxygen atoms in total. The summed E-state index contributed by atoms with van der Waals surface area (Å²) in [5, 5.41) is 0. The summed E-state index contributed by atoms with van der Waals surface area (Å²) in [5.74, 6) is 1.79. The highest BCUT2D eigenvalue weighted by atomic mass is 15.3.